The summed E-state index contributed by atoms with van der Waals surface area (Å²) in [4.78, 5) is 27.0. The zero-order valence-corrected chi connectivity index (χ0v) is 16.5. The van der Waals surface area contributed by atoms with Crippen molar-refractivity contribution in [1.82, 2.24) is 5.32 Å². The highest BCUT2D eigenvalue weighted by molar-refractivity contribution is 9.10. The largest absolute Gasteiger partial charge is 0.491 e. The second-order valence-electron chi connectivity index (χ2n) is 7.04. The first kappa shape index (κ1) is 18.0. The molecule has 1 aliphatic carbocycles. The summed E-state index contributed by atoms with van der Waals surface area (Å²) in [6, 6.07) is 15.4. The van der Waals surface area contributed by atoms with Crippen molar-refractivity contribution in [2.45, 2.75) is 31.2 Å². The zero-order chi connectivity index (χ0) is 18.9. The van der Waals surface area contributed by atoms with Crippen LogP contribution in [0.3, 0.4) is 0 Å². The van der Waals surface area contributed by atoms with Gasteiger partial charge >= 0.3 is 0 Å². The molecule has 27 heavy (non-hydrogen) atoms. The van der Waals surface area contributed by atoms with Gasteiger partial charge in [0.2, 0.25) is 11.8 Å². The molecule has 5 nitrogen and oxygen atoms in total. The van der Waals surface area contributed by atoms with Crippen LogP contribution in [0.4, 0.5) is 5.69 Å². The topological polar surface area (TPSA) is 58.6 Å². The van der Waals surface area contributed by atoms with E-state index >= 15 is 0 Å². The molecule has 1 heterocycles. The Morgan fingerprint density at radius 3 is 2.74 bits per heavy atom. The lowest BCUT2D eigenvalue weighted by Gasteiger charge is -2.43. The molecule has 2 amide bonds. The van der Waals surface area contributed by atoms with Crippen LogP contribution in [0.25, 0.3) is 0 Å². The Hall–Kier alpha value is -2.34. The molecule has 0 unspecified atom stereocenters. The first-order valence-corrected chi connectivity index (χ1v) is 9.96. The maximum Gasteiger partial charge on any atom is 0.240 e. The minimum Gasteiger partial charge on any atom is -0.491 e. The van der Waals surface area contributed by atoms with Crippen LogP contribution >= 0.6 is 15.9 Å². The molecule has 0 saturated heterocycles. The van der Waals surface area contributed by atoms with Gasteiger partial charge in [-0.2, -0.15) is 0 Å². The van der Waals surface area contributed by atoms with Gasteiger partial charge in [-0.05, 0) is 49.1 Å². The predicted molar refractivity (Wildman–Crippen MR) is 107 cm³/mol. The van der Waals surface area contributed by atoms with E-state index in [0.29, 0.717) is 18.0 Å². The Balaban J connectivity index is 1.54. The maximum atomic E-state index is 12.9. The van der Waals surface area contributed by atoms with Gasteiger partial charge in [-0.15, -0.1) is 0 Å². The summed E-state index contributed by atoms with van der Waals surface area (Å²) >= 11 is 3.51. The highest BCUT2D eigenvalue weighted by Gasteiger charge is 2.40. The monoisotopic (exact) mass is 428 g/mol. The van der Waals surface area contributed by atoms with E-state index in [4.69, 9.17) is 4.74 Å². The van der Waals surface area contributed by atoms with Crippen molar-refractivity contribution in [3.05, 3.63) is 58.6 Å². The van der Waals surface area contributed by atoms with E-state index in [1.807, 2.05) is 42.5 Å². The van der Waals surface area contributed by atoms with Crippen molar-refractivity contribution >= 4 is 33.4 Å². The van der Waals surface area contributed by atoms with Gasteiger partial charge in [-0.1, -0.05) is 40.2 Å². The summed E-state index contributed by atoms with van der Waals surface area (Å²) in [5, 5.41) is 3.20. The van der Waals surface area contributed by atoms with Crippen LogP contribution in [-0.4, -0.2) is 25.0 Å². The first-order chi connectivity index (χ1) is 13.1. The molecule has 0 spiro atoms. The lowest BCUT2D eigenvalue weighted by atomic mass is 9.72. The average molecular weight is 429 g/mol. The zero-order valence-electron chi connectivity index (χ0n) is 14.9. The van der Waals surface area contributed by atoms with Crippen LogP contribution in [0.1, 0.15) is 31.2 Å². The Labute approximate surface area is 166 Å². The van der Waals surface area contributed by atoms with E-state index in [1.54, 1.807) is 0 Å². The number of fused-ring (bicyclic) bond motifs is 1. The lowest BCUT2D eigenvalue weighted by molar-refractivity contribution is -0.126. The van der Waals surface area contributed by atoms with Gasteiger partial charge in [0.05, 0.1) is 24.3 Å². The number of carbonyl (C=O) groups excluding carboxylic acids is 2. The number of ether oxygens (including phenoxy) is 1. The Bertz CT molecular complexity index is 879. The quantitative estimate of drug-likeness (QED) is 0.806. The van der Waals surface area contributed by atoms with E-state index < -0.39 is 0 Å². The van der Waals surface area contributed by atoms with E-state index in [9.17, 15) is 9.59 Å². The second kappa shape index (κ2) is 7.35. The third kappa shape index (κ3) is 3.58. The van der Waals surface area contributed by atoms with E-state index in [1.165, 1.54) is 4.90 Å². The highest BCUT2D eigenvalue weighted by Crippen LogP contribution is 2.42. The Morgan fingerprint density at radius 2 is 2.00 bits per heavy atom. The first-order valence-electron chi connectivity index (χ1n) is 9.17. The van der Waals surface area contributed by atoms with Crippen molar-refractivity contribution in [2.24, 2.45) is 0 Å². The molecule has 4 rings (SSSR count). The molecular formula is C21H21BrN2O3. The van der Waals surface area contributed by atoms with Crippen LogP contribution in [-0.2, 0) is 15.1 Å². The predicted octanol–water partition coefficient (Wildman–Crippen LogP) is 3.76. The Morgan fingerprint density at radius 1 is 1.19 bits per heavy atom. The number of halogens is 1. The minimum atomic E-state index is -0.341. The van der Waals surface area contributed by atoms with Crippen LogP contribution in [0.15, 0.2) is 53.0 Å². The number of benzene rings is 2. The molecule has 0 atom stereocenters. The van der Waals surface area contributed by atoms with Gasteiger partial charge < -0.3 is 10.1 Å². The van der Waals surface area contributed by atoms with Crippen molar-refractivity contribution in [2.75, 3.05) is 18.1 Å². The fraction of sp³-hybridized carbons (Fsp3) is 0.333. The van der Waals surface area contributed by atoms with E-state index in [2.05, 4.69) is 27.3 Å². The molecule has 2 aliphatic rings. The van der Waals surface area contributed by atoms with Gasteiger partial charge in [-0.25, -0.2) is 0 Å². The maximum absolute atomic E-state index is 12.9. The molecule has 140 valence electrons. The van der Waals surface area contributed by atoms with Gasteiger partial charge in [0, 0.05) is 4.47 Å². The SMILES string of the molecule is O=C(CN1C(=O)CCOc2ccccc21)NC1(c2cccc(Br)c2)CCC1. The van der Waals surface area contributed by atoms with E-state index in [-0.39, 0.29) is 30.3 Å². The van der Waals surface area contributed by atoms with Gasteiger partial charge in [-0.3, -0.25) is 14.5 Å². The smallest absolute Gasteiger partial charge is 0.240 e. The van der Waals surface area contributed by atoms with Crippen molar-refractivity contribution < 1.29 is 14.3 Å². The molecule has 0 bridgehead atoms. The van der Waals surface area contributed by atoms with Crippen LogP contribution in [0.2, 0.25) is 0 Å². The summed E-state index contributed by atoms with van der Waals surface area (Å²) in [5.41, 5.74) is 1.41. The number of anilines is 1. The second-order valence-corrected chi connectivity index (χ2v) is 7.96. The lowest BCUT2D eigenvalue weighted by Crippen LogP contribution is -2.53. The van der Waals surface area contributed by atoms with Gasteiger partial charge in [0.1, 0.15) is 12.3 Å². The molecule has 6 heteroatoms. The van der Waals surface area contributed by atoms with Gasteiger partial charge in [0.15, 0.2) is 0 Å². The van der Waals surface area contributed by atoms with Gasteiger partial charge in [0.25, 0.3) is 0 Å². The van der Waals surface area contributed by atoms with E-state index in [0.717, 1.165) is 29.3 Å². The standard InChI is InChI=1S/C21H21BrN2O3/c22-16-6-3-5-15(13-16)21(10-4-11-21)23-19(25)14-24-17-7-1-2-8-18(17)27-12-9-20(24)26/h1-3,5-8,13H,4,9-12,14H2,(H,23,25). The van der Waals surface area contributed by atoms with Crippen LogP contribution in [0, 0.1) is 0 Å². The number of hydrogen-bond acceptors (Lipinski definition) is 3. The van der Waals surface area contributed by atoms with Crippen LogP contribution < -0.4 is 15.0 Å². The molecule has 0 aromatic heterocycles. The number of nitrogens with zero attached hydrogens (tertiary/aromatic N) is 1. The number of amides is 2. The number of para-hydroxylation sites is 2. The summed E-state index contributed by atoms with van der Waals surface area (Å²) in [6.07, 6.45) is 3.15. The normalized spacial score (nSPS) is 18.0. The summed E-state index contributed by atoms with van der Waals surface area (Å²) in [7, 11) is 0. The molecule has 1 aliphatic heterocycles. The van der Waals surface area contributed by atoms with Crippen molar-refractivity contribution in [3.8, 4) is 5.75 Å². The van der Waals surface area contributed by atoms with Crippen LogP contribution in [0.5, 0.6) is 5.75 Å². The third-order valence-electron chi connectivity index (χ3n) is 5.30. The number of nitrogens with one attached hydrogen (secondary N) is 1. The number of carbonyl (C=O) groups is 2. The molecule has 2 aromatic carbocycles. The minimum absolute atomic E-state index is 0.00500. The number of hydrogen-bond donors (Lipinski definition) is 1. The molecule has 1 fully saturated rings. The molecular weight excluding hydrogens is 408 g/mol. The Kier molecular flexibility index (Phi) is 4.91. The molecule has 2 aromatic rings. The molecule has 1 saturated carbocycles. The summed E-state index contributed by atoms with van der Waals surface area (Å²) in [6.45, 7) is 0.324. The molecule has 0 radical (unpaired) electrons. The van der Waals surface area contributed by atoms with Crippen molar-refractivity contribution in [1.29, 1.82) is 0 Å². The third-order valence-corrected chi connectivity index (χ3v) is 5.79. The molecule has 1 N–H and O–H groups in total. The van der Waals surface area contributed by atoms with Crippen molar-refractivity contribution in [3.63, 3.8) is 0 Å². The fourth-order valence-corrected chi connectivity index (χ4v) is 4.14. The summed E-state index contributed by atoms with van der Waals surface area (Å²) < 4.78 is 6.64. The summed E-state index contributed by atoms with van der Waals surface area (Å²) in [5.74, 6) is 0.390. The number of rotatable bonds is 4. The fourth-order valence-electron chi connectivity index (χ4n) is 3.75. The highest BCUT2D eigenvalue weighted by atomic mass is 79.9. The average Bonchev–Trinajstić information content (AvgIpc) is 2.78.